The van der Waals surface area contributed by atoms with E-state index in [2.05, 4.69) is 10.1 Å². The number of rotatable bonds is 5. The Hall–Kier alpha value is -2.00. The van der Waals surface area contributed by atoms with Crippen molar-refractivity contribution in [3.8, 4) is 0 Å². The lowest BCUT2D eigenvalue weighted by Gasteiger charge is -2.36. The lowest BCUT2D eigenvalue weighted by atomic mass is 10.1. The number of fused-ring (bicyclic) bond motifs is 1. The van der Waals surface area contributed by atoms with Gasteiger partial charge in [-0.2, -0.15) is 0 Å². The van der Waals surface area contributed by atoms with E-state index in [4.69, 9.17) is 9.47 Å². The molecule has 1 aliphatic carbocycles. The van der Waals surface area contributed by atoms with Crippen LogP contribution in [0, 0.1) is 5.92 Å². The van der Waals surface area contributed by atoms with Crippen molar-refractivity contribution < 1.29 is 19.1 Å². The summed E-state index contributed by atoms with van der Waals surface area (Å²) in [7, 11) is 5.15. The molecule has 1 aromatic rings. The Bertz CT molecular complexity index is 632. The van der Waals surface area contributed by atoms with Crippen LogP contribution in [-0.4, -0.2) is 89.0 Å². The van der Waals surface area contributed by atoms with E-state index in [0.29, 0.717) is 19.8 Å². The van der Waals surface area contributed by atoms with Gasteiger partial charge in [-0.3, -0.25) is 14.3 Å². The Morgan fingerprint density at radius 3 is 2.88 bits per heavy atom. The third-order valence-corrected chi connectivity index (χ3v) is 4.76. The highest BCUT2D eigenvalue weighted by atomic mass is 16.5. The van der Waals surface area contributed by atoms with Crippen molar-refractivity contribution >= 4 is 11.8 Å². The van der Waals surface area contributed by atoms with Gasteiger partial charge in [0, 0.05) is 27.7 Å². The zero-order valence-electron chi connectivity index (χ0n) is 14.9. The van der Waals surface area contributed by atoms with Crippen LogP contribution in [0.2, 0.25) is 0 Å². The number of carbonyl (C=O) groups is 2. The van der Waals surface area contributed by atoms with Gasteiger partial charge in [0.25, 0.3) is 5.91 Å². The number of carbonyl (C=O) groups excluding carboxylic acids is 2. The van der Waals surface area contributed by atoms with E-state index in [9.17, 15) is 9.59 Å². The summed E-state index contributed by atoms with van der Waals surface area (Å²) in [6.07, 6.45) is 3.18. The summed E-state index contributed by atoms with van der Waals surface area (Å²) in [5.41, 5.74) is 0. The van der Waals surface area contributed by atoms with Crippen LogP contribution in [0.25, 0.3) is 0 Å². The van der Waals surface area contributed by atoms with Gasteiger partial charge in [-0.25, -0.2) is 4.98 Å². The van der Waals surface area contributed by atoms with Crippen molar-refractivity contribution in [2.24, 2.45) is 13.0 Å². The summed E-state index contributed by atoms with van der Waals surface area (Å²) in [4.78, 5) is 31.7. The predicted molar refractivity (Wildman–Crippen MR) is 87.8 cm³/mol. The summed E-state index contributed by atoms with van der Waals surface area (Å²) in [6.45, 7) is 1.65. The van der Waals surface area contributed by atoms with Crippen molar-refractivity contribution in [3.63, 3.8) is 0 Å². The van der Waals surface area contributed by atoms with Crippen LogP contribution in [0.4, 0.5) is 0 Å². The average molecular weight is 351 g/mol. The Labute approximate surface area is 146 Å². The summed E-state index contributed by atoms with van der Waals surface area (Å²) >= 11 is 0. The van der Waals surface area contributed by atoms with E-state index in [1.54, 1.807) is 21.1 Å². The van der Waals surface area contributed by atoms with Crippen LogP contribution >= 0.6 is 0 Å². The number of ether oxygens (including phenoxy) is 2. The zero-order valence-corrected chi connectivity index (χ0v) is 14.9. The monoisotopic (exact) mass is 351 g/mol. The molecule has 3 atom stereocenters. The first-order valence-electron chi connectivity index (χ1n) is 8.51. The summed E-state index contributed by atoms with van der Waals surface area (Å²) in [5.74, 6) is 0.294. The molecule has 2 heterocycles. The SMILES string of the molecule is CN(C)C(=O)COC[C@@H]1C[C@@H]2OCCN(C(=O)c3ncn(C)n3)[C@H]2C1. The van der Waals surface area contributed by atoms with E-state index in [1.165, 1.54) is 15.9 Å². The first-order chi connectivity index (χ1) is 12.0. The summed E-state index contributed by atoms with van der Waals surface area (Å²) < 4.78 is 12.9. The number of aryl methyl sites for hydroxylation is 1. The molecule has 0 spiro atoms. The molecule has 3 rings (SSSR count). The van der Waals surface area contributed by atoms with E-state index < -0.39 is 0 Å². The van der Waals surface area contributed by atoms with Crippen molar-refractivity contribution in [1.29, 1.82) is 0 Å². The number of likely N-dealkylation sites (N-methyl/N-ethyl adjacent to an activating group) is 1. The number of morpholine rings is 1. The Balaban J connectivity index is 1.57. The normalized spacial score (nSPS) is 25.7. The minimum Gasteiger partial charge on any atom is -0.374 e. The van der Waals surface area contributed by atoms with E-state index in [0.717, 1.165) is 12.8 Å². The second kappa shape index (κ2) is 7.49. The highest BCUT2D eigenvalue weighted by Gasteiger charge is 2.43. The van der Waals surface area contributed by atoms with Crippen molar-refractivity contribution in [2.75, 3.05) is 40.5 Å². The molecule has 0 radical (unpaired) electrons. The third-order valence-electron chi connectivity index (χ3n) is 4.76. The maximum absolute atomic E-state index is 12.7. The fraction of sp³-hybridized carbons (Fsp3) is 0.750. The second-order valence-electron chi connectivity index (χ2n) is 6.86. The van der Waals surface area contributed by atoms with Gasteiger partial charge in [0.1, 0.15) is 12.9 Å². The van der Waals surface area contributed by atoms with E-state index >= 15 is 0 Å². The number of hydrogen-bond donors (Lipinski definition) is 0. The maximum atomic E-state index is 12.7. The van der Waals surface area contributed by atoms with Crippen LogP contribution in [-0.2, 0) is 21.3 Å². The lowest BCUT2D eigenvalue weighted by molar-refractivity contribution is -0.134. The lowest BCUT2D eigenvalue weighted by Crippen LogP contribution is -2.51. The Morgan fingerprint density at radius 1 is 1.40 bits per heavy atom. The van der Waals surface area contributed by atoms with E-state index in [-0.39, 0.29) is 42.3 Å². The molecular formula is C16H25N5O4. The van der Waals surface area contributed by atoms with Gasteiger partial charge in [-0.05, 0) is 18.8 Å². The molecule has 2 amide bonds. The molecule has 9 nitrogen and oxygen atoms in total. The zero-order chi connectivity index (χ0) is 18.0. The number of nitrogens with zero attached hydrogens (tertiary/aromatic N) is 5. The van der Waals surface area contributed by atoms with Gasteiger partial charge in [-0.1, -0.05) is 0 Å². The molecule has 0 unspecified atom stereocenters. The number of aromatic nitrogens is 3. The molecule has 2 fully saturated rings. The van der Waals surface area contributed by atoms with Crippen LogP contribution in [0.15, 0.2) is 6.33 Å². The molecule has 9 heteroatoms. The maximum Gasteiger partial charge on any atom is 0.293 e. The smallest absolute Gasteiger partial charge is 0.293 e. The van der Waals surface area contributed by atoms with Gasteiger partial charge in [0.15, 0.2) is 0 Å². The third kappa shape index (κ3) is 3.98. The largest absolute Gasteiger partial charge is 0.374 e. The molecule has 138 valence electrons. The van der Waals surface area contributed by atoms with Gasteiger partial charge < -0.3 is 19.3 Å². The molecule has 25 heavy (non-hydrogen) atoms. The molecule has 1 aliphatic heterocycles. The molecule has 0 aromatic carbocycles. The van der Waals surface area contributed by atoms with Gasteiger partial charge in [-0.15, -0.1) is 5.10 Å². The quantitative estimate of drug-likeness (QED) is 0.713. The summed E-state index contributed by atoms with van der Waals surface area (Å²) in [6, 6.07) is 0.0169. The van der Waals surface area contributed by atoms with Gasteiger partial charge in [0.05, 0.1) is 25.4 Å². The predicted octanol–water partition coefficient (Wildman–Crippen LogP) is -0.460. The molecule has 1 aromatic heterocycles. The van der Waals surface area contributed by atoms with E-state index in [1.807, 2.05) is 4.90 Å². The Morgan fingerprint density at radius 2 is 2.20 bits per heavy atom. The second-order valence-corrected chi connectivity index (χ2v) is 6.86. The number of hydrogen-bond acceptors (Lipinski definition) is 6. The molecule has 1 saturated heterocycles. The Kier molecular flexibility index (Phi) is 5.33. The number of amides is 2. The first kappa shape index (κ1) is 17.8. The van der Waals surface area contributed by atoms with Crippen LogP contribution < -0.4 is 0 Å². The molecule has 0 N–H and O–H groups in total. The first-order valence-corrected chi connectivity index (χ1v) is 8.51. The van der Waals surface area contributed by atoms with Crippen LogP contribution in [0.5, 0.6) is 0 Å². The standard InChI is InChI=1S/C16H25N5O4/c1-19(2)14(22)9-24-8-11-6-12-13(7-11)25-5-4-21(12)16(23)15-17-10-20(3)18-15/h10-13H,4-9H2,1-3H3/t11-,12-,13-/m0/s1. The van der Waals surface area contributed by atoms with Crippen molar-refractivity contribution in [1.82, 2.24) is 24.6 Å². The van der Waals surface area contributed by atoms with Gasteiger partial charge >= 0.3 is 0 Å². The molecule has 2 aliphatic rings. The topological polar surface area (TPSA) is 89.8 Å². The van der Waals surface area contributed by atoms with Crippen LogP contribution in [0.3, 0.4) is 0 Å². The minimum absolute atomic E-state index is 0.0135. The fourth-order valence-electron chi connectivity index (χ4n) is 3.45. The molecular weight excluding hydrogens is 326 g/mol. The average Bonchev–Trinajstić information content (AvgIpc) is 3.19. The summed E-state index contributed by atoms with van der Waals surface area (Å²) in [5, 5.41) is 4.11. The van der Waals surface area contributed by atoms with Crippen molar-refractivity contribution in [3.05, 3.63) is 12.2 Å². The van der Waals surface area contributed by atoms with Crippen molar-refractivity contribution in [2.45, 2.75) is 25.0 Å². The molecule has 0 bridgehead atoms. The van der Waals surface area contributed by atoms with Gasteiger partial charge in [0.2, 0.25) is 11.7 Å². The fourth-order valence-corrected chi connectivity index (χ4v) is 3.45. The minimum atomic E-state index is -0.150. The molecule has 1 saturated carbocycles. The highest BCUT2D eigenvalue weighted by molar-refractivity contribution is 5.90. The van der Waals surface area contributed by atoms with Crippen LogP contribution in [0.1, 0.15) is 23.5 Å². The highest BCUT2D eigenvalue weighted by Crippen LogP contribution is 2.34.